The summed E-state index contributed by atoms with van der Waals surface area (Å²) in [5.74, 6) is 2.44. The number of likely N-dealkylation sites (tertiary alicyclic amines) is 1. The van der Waals surface area contributed by atoms with Gasteiger partial charge in [0, 0.05) is 43.9 Å². The van der Waals surface area contributed by atoms with Gasteiger partial charge in [0.1, 0.15) is 11.6 Å². The second-order valence-electron chi connectivity index (χ2n) is 6.34. The standard InChI is InChI=1S/C16H22N4O2/c1-11(2)8-13-9-14(19-22-13)16(21)20-7-3-4-12(10-20)15-17-5-6-18-15/h5-6,9,11-12H,3-4,7-8,10H2,1-2H3,(H,17,18). The van der Waals surface area contributed by atoms with E-state index in [1.165, 1.54) is 0 Å². The van der Waals surface area contributed by atoms with Crippen molar-refractivity contribution in [1.29, 1.82) is 0 Å². The normalized spacial score (nSPS) is 18.9. The largest absolute Gasteiger partial charge is 0.361 e. The summed E-state index contributed by atoms with van der Waals surface area (Å²) in [7, 11) is 0. The Hall–Kier alpha value is -2.11. The van der Waals surface area contributed by atoms with E-state index in [-0.39, 0.29) is 11.8 Å². The molecule has 2 aromatic rings. The first-order valence-corrected chi connectivity index (χ1v) is 7.87. The highest BCUT2D eigenvalue weighted by Crippen LogP contribution is 2.25. The number of imidazole rings is 1. The molecule has 1 atom stereocenters. The van der Waals surface area contributed by atoms with Crippen LogP contribution in [0.5, 0.6) is 0 Å². The van der Waals surface area contributed by atoms with Gasteiger partial charge in [0.2, 0.25) is 0 Å². The topological polar surface area (TPSA) is 75.0 Å². The number of piperidine rings is 1. The fourth-order valence-corrected chi connectivity index (χ4v) is 2.96. The lowest BCUT2D eigenvalue weighted by Crippen LogP contribution is -2.39. The van der Waals surface area contributed by atoms with Gasteiger partial charge in [-0.15, -0.1) is 0 Å². The highest BCUT2D eigenvalue weighted by Gasteiger charge is 2.28. The van der Waals surface area contributed by atoms with Crippen LogP contribution in [0.2, 0.25) is 0 Å². The molecule has 1 unspecified atom stereocenters. The van der Waals surface area contributed by atoms with Crippen molar-refractivity contribution < 1.29 is 9.32 Å². The number of nitrogens with one attached hydrogen (secondary N) is 1. The number of nitrogens with zero attached hydrogens (tertiary/aromatic N) is 3. The van der Waals surface area contributed by atoms with Crippen molar-refractivity contribution in [2.24, 2.45) is 5.92 Å². The minimum atomic E-state index is -0.0463. The van der Waals surface area contributed by atoms with E-state index in [0.29, 0.717) is 18.2 Å². The molecular formula is C16H22N4O2. The average Bonchev–Trinajstić information content (AvgIpc) is 3.17. The first-order chi connectivity index (χ1) is 10.6. The van der Waals surface area contributed by atoms with E-state index in [1.807, 2.05) is 11.1 Å². The van der Waals surface area contributed by atoms with E-state index in [9.17, 15) is 4.79 Å². The monoisotopic (exact) mass is 302 g/mol. The van der Waals surface area contributed by atoms with E-state index in [1.54, 1.807) is 12.3 Å². The number of amides is 1. The molecule has 1 aliphatic heterocycles. The smallest absolute Gasteiger partial charge is 0.276 e. The van der Waals surface area contributed by atoms with Crippen molar-refractivity contribution in [3.63, 3.8) is 0 Å². The average molecular weight is 302 g/mol. The maximum Gasteiger partial charge on any atom is 0.276 e. The van der Waals surface area contributed by atoms with Crippen LogP contribution in [-0.2, 0) is 6.42 Å². The highest BCUT2D eigenvalue weighted by atomic mass is 16.5. The molecule has 1 aliphatic rings. The van der Waals surface area contributed by atoms with Crippen molar-refractivity contribution in [1.82, 2.24) is 20.0 Å². The summed E-state index contributed by atoms with van der Waals surface area (Å²) in [6.45, 7) is 5.67. The first-order valence-electron chi connectivity index (χ1n) is 7.87. The van der Waals surface area contributed by atoms with Crippen molar-refractivity contribution in [2.75, 3.05) is 13.1 Å². The molecule has 118 valence electrons. The summed E-state index contributed by atoms with van der Waals surface area (Å²) in [4.78, 5) is 21.9. The van der Waals surface area contributed by atoms with Crippen LogP contribution in [0.25, 0.3) is 0 Å². The molecular weight excluding hydrogens is 280 g/mol. The third-order valence-electron chi connectivity index (χ3n) is 4.00. The van der Waals surface area contributed by atoms with Crippen LogP contribution >= 0.6 is 0 Å². The summed E-state index contributed by atoms with van der Waals surface area (Å²) in [5, 5.41) is 3.94. The van der Waals surface area contributed by atoms with Crippen LogP contribution in [0.4, 0.5) is 0 Å². The lowest BCUT2D eigenvalue weighted by atomic mass is 9.97. The molecule has 0 radical (unpaired) electrons. The Bertz CT molecular complexity index is 618. The Morgan fingerprint density at radius 1 is 1.55 bits per heavy atom. The molecule has 6 heteroatoms. The number of rotatable bonds is 4. The van der Waals surface area contributed by atoms with Gasteiger partial charge in [0.05, 0.1) is 0 Å². The number of carbonyl (C=O) groups excluding carboxylic acids is 1. The van der Waals surface area contributed by atoms with Gasteiger partial charge in [-0.2, -0.15) is 0 Å². The Kier molecular flexibility index (Phi) is 4.27. The zero-order valence-corrected chi connectivity index (χ0v) is 13.1. The number of hydrogen-bond donors (Lipinski definition) is 1. The molecule has 3 rings (SSSR count). The molecule has 0 aromatic carbocycles. The fourth-order valence-electron chi connectivity index (χ4n) is 2.96. The summed E-state index contributed by atoms with van der Waals surface area (Å²) < 4.78 is 5.27. The zero-order valence-electron chi connectivity index (χ0n) is 13.1. The van der Waals surface area contributed by atoms with Crippen LogP contribution in [0.3, 0.4) is 0 Å². The zero-order chi connectivity index (χ0) is 15.5. The molecule has 0 saturated carbocycles. The van der Waals surface area contributed by atoms with Gasteiger partial charge < -0.3 is 14.4 Å². The van der Waals surface area contributed by atoms with Crippen LogP contribution in [0, 0.1) is 5.92 Å². The second-order valence-corrected chi connectivity index (χ2v) is 6.34. The quantitative estimate of drug-likeness (QED) is 0.942. The van der Waals surface area contributed by atoms with Crippen LogP contribution in [-0.4, -0.2) is 39.0 Å². The molecule has 2 aromatic heterocycles. The van der Waals surface area contributed by atoms with Crippen molar-refractivity contribution >= 4 is 5.91 Å². The second kappa shape index (κ2) is 6.34. The Balaban J connectivity index is 1.67. The van der Waals surface area contributed by atoms with Gasteiger partial charge >= 0.3 is 0 Å². The van der Waals surface area contributed by atoms with E-state index < -0.39 is 0 Å². The van der Waals surface area contributed by atoms with Gasteiger partial charge in [-0.1, -0.05) is 19.0 Å². The Labute approximate surface area is 129 Å². The lowest BCUT2D eigenvalue weighted by molar-refractivity contribution is 0.0694. The maximum atomic E-state index is 12.6. The van der Waals surface area contributed by atoms with Gasteiger partial charge in [-0.25, -0.2) is 4.98 Å². The van der Waals surface area contributed by atoms with Crippen molar-refractivity contribution in [2.45, 2.75) is 39.0 Å². The predicted octanol–water partition coefficient (Wildman–Crippen LogP) is 2.62. The molecule has 1 saturated heterocycles. The molecule has 1 N–H and O–H groups in total. The van der Waals surface area contributed by atoms with Crippen LogP contribution in [0.15, 0.2) is 23.0 Å². The van der Waals surface area contributed by atoms with E-state index in [0.717, 1.165) is 37.4 Å². The van der Waals surface area contributed by atoms with Crippen LogP contribution in [0.1, 0.15) is 54.7 Å². The van der Waals surface area contributed by atoms with Gasteiger partial charge in [0.25, 0.3) is 5.91 Å². The summed E-state index contributed by atoms with van der Waals surface area (Å²) in [6.07, 6.45) is 6.41. The SMILES string of the molecule is CC(C)Cc1cc(C(=O)N2CCCC(c3ncc[nH]3)C2)no1. The molecule has 3 heterocycles. The number of H-pyrrole nitrogens is 1. The first kappa shape index (κ1) is 14.8. The summed E-state index contributed by atoms with van der Waals surface area (Å²) in [6, 6.07) is 1.78. The minimum absolute atomic E-state index is 0.0463. The number of hydrogen-bond acceptors (Lipinski definition) is 4. The summed E-state index contributed by atoms with van der Waals surface area (Å²) in [5.41, 5.74) is 0.413. The number of carbonyl (C=O) groups is 1. The minimum Gasteiger partial charge on any atom is -0.361 e. The molecule has 0 bridgehead atoms. The third kappa shape index (κ3) is 3.21. The van der Waals surface area contributed by atoms with E-state index in [2.05, 4.69) is 29.0 Å². The van der Waals surface area contributed by atoms with Gasteiger partial charge in [0.15, 0.2) is 5.69 Å². The van der Waals surface area contributed by atoms with E-state index >= 15 is 0 Å². The molecule has 1 amide bonds. The molecule has 0 aliphatic carbocycles. The molecule has 6 nitrogen and oxygen atoms in total. The summed E-state index contributed by atoms with van der Waals surface area (Å²) >= 11 is 0. The number of aromatic amines is 1. The number of aromatic nitrogens is 3. The Morgan fingerprint density at radius 2 is 2.41 bits per heavy atom. The Morgan fingerprint density at radius 3 is 3.14 bits per heavy atom. The van der Waals surface area contributed by atoms with Crippen LogP contribution < -0.4 is 0 Å². The van der Waals surface area contributed by atoms with Gasteiger partial charge in [-0.3, -0.25) is 4.79 Å². The van der Waals surface area contributed by atoms with E-state index in [4.69, 9.17) is 4.52 Å². The predicted molar refractivity (Wildman–Crippen MR) is 81.5 cm³/mol. The molecule has 0 spiro atoms. The highest BCUT2D eigenvalue weighted by molar-refractivity contribution is 5.92. The molecule has 22 heavy (non-hydrogen) atoms. The van der Waals surface area contributed by atoms with Gasteiger partial charge in [-0.05, 0) is 18.8 Å². The lowest BCUT2D eigenvalue weighted by Gasteiger charge is -2.31. The fraction of sp³-hybridized carbons (Fsp3) is 0.562. The third-order valence-corrected chi connectivity index (χ3v) is 4.00. The van der Waals surface area contributed by atoms with Crippen molar-refractivity contribution in [3.05, 3.63) is 35.7 Å². The molecule has 1 fully saturated rings. The maximum absolute atomic E-state index is 12.6. The van der Waals surface area contributed by atoms with Crippen molar-refractivity contribution in [3.8, 4) is 0 Å².